The van der Waals surface area contributed by atoms with Crippen molar-refractivity contribution in [3.63, 3.8) is 0 Å². The van der Waals surface area contributed by atoms with Crippen LogP contribution in [-0.2, 0) is 13.1 Å². The van der Waals surface area contributed by atoms with Crippen molar-refractivity contribution in [2.75, 3.05) is 6.61 Å². The molecule has 5 nitrogen and oxygen atoms in total. The third kappa shape index (κ3) is 6.12. The molecule has 0 fully saturated rings. The Balaban J connectivity index is 2.18. The van der Waals surface area contributed by atoms with Gasteiger partial charge in [0.05, 0.1) is 18.8 Å². The van der Waals surface area contributed by atoms with E-state index in [1.54, 1.807) is 4.68 Å². The van der Waals surface area contributed by atoms with Crippen molar-refractivity contribution in [3.05, 3.63) is 11.9 Å². The van der Waals surface area contributed by atoms with Crippen LogP contribution in [0.3, 0.4) is 0 Å². The predicted molar refractivity (Wildman–Crippen MR) is 72.1 cm³/mol. The van der Waals surface area contributed by atoms with Gasteiger partial charge in [0.2, 0.25) is 0 Å². The highest BCUT2D eigenvalue weighted by molar-refractivity contribution is 4.91. The number of aliphatic hydroxyl groups excluding tert-OH is 1. The molecule has 18 heavy (non-hydrogen) atoms. The van der Waals surface area contributed by atoms with Crippen molar-refractivity contribution in [3.8, 4) is 0 Å². The molecule has 2 N–H and O–H groups in total. The average molecular weight is 254 g/mol. The van der Waals surface area contributed by atoms with E-state index in [1.807, 2.05) is 6.20 Å². The molecule has 1 aromatic heterocycles. The van der Waals surface area contributed by atoms with Crippen LogP contribution in [0.1, 0.15) is 45.7 Å². The molecular weight excluding hydrogens is 228 g/mol. The van der Waals surface area contributed by atoms with E-state index in [9.17, 15) is 0 Å². The van der Waals surface area contributed by atoms with Crippen LogP contribution in [0.15, 0.2) is 6.20 Å². The van der Waals surface area contributed by atoms with Gasteiger partial charge in [-0.25, -0.2) is 4.68 Å². The molecule has 0 aliphatic rings. The van der Waals surface area contributed by atoms with Gasteiger partial charge in [-0.15, -0.1) is 5.10 Å². The standard InChI is InChI=1S/C13H26N4O/c1-11(2)5-4-6-12(3)14-9-13-10-17(7-8-18)16-15-13/h10-12,14,18H,4-9H2,1-3H3. The smallest absolute Gasteiger partial charge is 0.0964 e. The van der Waals surface area contributed by atoms with Crippen LogP contribution in [0.25, 0.3) is 0 Å². The molecule has 0 amide bonds. The normalized spacial score (nSPS) is 13.2. The minimum absolute atomic E-state index is 0.0990. The fourth-order valence-corrected chi connectivity index (χ4v) is 1.84. The molecule has 0 spiro atoms. The van der Waals surface area contributed by atoms with Gasteiger partial charge in [-0.1, -0.05) is 31.9 Å². The van der Waals surface area contributed by atoms with Crippen molar-refractivity contribution in [1.82, 2.24) is 20.3 Å². The van der Waals surface area contributed by atoms with E-state index in [1.165, 1.54) is 19.3 Å². The van der Waals surface area contributed by atoms with Crippen LogP contribution in [-0.4, -0.2) is 32.7 Å². The summed E-state index contributed by atoms with van der Waals surface area (Å²) in [5, 5.41) is 20.2. The monoisotopic (exact) mass is 254 g/mol. The summed E-state index contributed by atoms with van der Waals surface area (Å²) in [5.41, 5.74) is 0.930. The van der Waals surface area contributed by atoms with Gasteiger partial charge in [-0.2, -0.15) is 0 Å². The Morgan fingerprint density at radius 1 is 1.33 bits per heavy atom. The first-order chi connectivity index (χ1) is 8.61. The average Bonchev–Trinajstić information content (AvgIpc) is 2.74. The Bertz CT molecular complexity index is 325. The molecule has 5 heteroatoms. The Kier molecular flexibility index (Phi) is 6.90. The summed E-state index contributed by atoms with van der Waals surface area (Å²) in [6.07, 6.45) is 5.63. The molecule has 0 aliphatic heterocycles. The van der Waals surface area contributed by atoms with Crippen LogP contribution in [0, 0.1) is 5.92 Å². The third-order valence-corrected chi connectivity index (χ3v) is 2.97. The zero-order valence-corrected chi connectivity index (χ0v) is 11.8. The van der Waals surface area contributed by atoms with Gasteiger partial charge in [0.25, 0.3) is 0 Å². The van der Waals surface area contributed by atoms with Gasteiger partial charge in [-0.05, 0) is 19.3 Å². The second-order valence-electron chi connectivity index (χ2n) is 5.30. The van der Waals surface area contributed by atoms with E-state index in [4.69, 9.17) is 5.11 Å². The van der Waals surface area contributed by atoms with Crippen molar-refractivity contribution in [1.29, 1.82) is 0 Å². The SMILES string of the molecule is CC(C)CCCC(C)NCc1cn(CCO)nn1. The van der Waals surface area contributed by atoms with Gasteiger partial charge in [-0.3, -0.25) is 0 Å². The summed E-state index contributed by atoms with van der Waals surface area (Å²) in [4.78, 5) is 0. The zero-order chi connectivity index (χ0) is 13.4. The summed E-state index contributed by atoms with van der Waals surface area (Å²) in [5.74, 6) is 0.788. The Morgan fingerprint density at radius 2 is 2.11 bits per heavy atom. The van der Waals surface area contributed by atoms with E-state index >= 15 is 0 Å². The maximum absolute atomic E-state index is 8.78. The first-order valence-electron chi connectivity index (χ1n) is 6.85. The Hall–Kier alpha value is -0.940. The summed E-state index contributed by atoms with van der Waals surface area (Å²) < 4.78 is 1.67. The van der Waals surface area contributed by atoms with Crippen LogP contribution >= 0.6 is 0 Å². The lowest BCUT2D eigenvalue weighted by molar-refractivity contribution is 0.268. The number of nitrogens with zero attached hydrogens (tertiary/aromatic N) is 3. The fraction of sp³-hybridized carbons (Fsp3) is 0.846. The zero-order valence-electron chi connectivity index (χ0n) is 11.8. The summed E-state index contributed by atoms with van der Waals surface area (Å²) in [6.45, 7) is 8.08. The first-order valence-corrected chi connectivity index (χ1v) is 6.85. The van der Waals surface area contributed by atoms with Crippen molar-refractivity contribution < 1.29 is 5.11 Å². The minimum Gasteiger partial charge on any atom is -0.394 e. The number of rotatable bonds is 9. The van der Waals surface area contributed by atoms with E-state index in [-0.39, 0.29) is 6.61 Å². The lowest BCUT2D eigenvalue weighted by Gasteiger charge is -2.13. The largest absolute Gasteiger partial charge is 0.394 e. The minimum atomic E-state index is 0.0990. The maximum Gasteiger partial charge on any atom is 0.0964 e. The molecule has 1 rings (SSSR count). The van der Waals surface area contributed by atoms with E-state index in [2.05, 4.69) is 36.4 Å². The lowest BCUT2D eigenvalue weighted by atomic mass is 10.0. The van der Waals surface area contributed by atoms with E-state index in [0.717, 1.165) is 18.2 Å². The molecule has 0 saturated carbocycles. The molecule has 104 valence electrons. The molecule has 1 unspecified atom stereocenters. The van der Waals surface area contributed by atoms with Gasteiger partial charge in [0.1, 0.15) is 0 Å². The third-order valence-electron chi connectivity index (χ3n) is 2.97. The number of hydrogen-bond donors (Lipinski definition) is 2. The summed E-state index contributed by atoms with van der Waals surface area (Å²) in [7, 11) is 0. The molecule has 0 aliphatic carbocycles. The molecule has 0 bridgehead atoms. The second-order valence-corrected chi connectivity index (χ2v) is 5.30. The first kappa shape index (κ1) is 15.1. The lowest BCUT2D eigenvalue weighted by Crippen LogP contribution is -2.25. The van der Waals surface area contributed by atoms with Gasteiger partial charge in [0, 0.05) is 18.8 Å². The number of nitrogens with one attached hydrogen (secondary N) is 1. The Morgan fingerprint density at radius 3 is 2.78 bits per heavy atom. The molecule has 1 heterocycles. The van der Waals surface area contributed by atoms with Gasteiger partial charge >= 0.3 is 0 Å². The molecule has 0 radical (unpaired) electrons. The quantitative estimate of drug-likeness (QED) is 0.702. The van der Waals surface area contributed by atoms with Gasteiger partial charge < -0.3 is 10.4 Å². The highest BCUT2D eigenvalue weighted by atomic mass is 16.3. The van der Waals surface area contributed by atoms with Crippen LogP contribution in [0.4, 0.5) is 0 Å². The molecule has 1 atom stereocenters. The summed E-state index contributed by atoms with van der Waals surface area (Å²) in [6, 6.07) is 0.506. The number of aromatic nitrogens is 3. The number of aliphatic hydroxyl groups is 1. The molecule has 0 saturated heterocycles. The van der Waals surface area contributed by atoms with Crippen LogP contribution in [0.2, 0.25) is 0 Å². The summed E-state index contributed by atoms with van der Waals surface area (Å²) >= 11 is 0. The fourth-order valence-electron chi connectivity index (χ4n) is 1.84. The van der Waals surface area contributed by atoms with E-state index in [0.29, 0.717) is 12.6 Å². The molecule has 0 aromatic carbocycles. The van der Waals surface area contributed by atoms with Crippen LogP contribution < -0.4 is 5.32 Å². The molecule has 1 aromatic rings. The predicted octanol–water partition coefficient (Wildman–Crippen LogP) is 1.57. The number of hydrogen-bond acceptors (Lipinski definition) is 4. The van der Waals surface area contributed by atoms with Crippen molar-refractivity contribution in [2.45, 2.75) is 59.2 Å². The van der Waals surface area contributed by atoms with Crippen molar-refractivity contribution >= 4 is 0 Å². The Labute approximate surface area is 110 Å². The second kappa shape index (κ2) is 8.21. The van der Waals surface area contributed by atoms with Crippen molar-refractivity contribution in [2.24, 2.45) is 5.92 Å². The van der Waals surface area contributed by atoms with Gasteiger partial charge in [0.15, 0.2) is 0 Å². The molecular formula is C13H26N4O. The highest BCUT2D eigenvalue weighted by Gasteiger charge is 2.05. The highest BCUT2D eigenvalue weighted by Crippen LogP contribution is 2.08. The van der Waals surface area contributed by atoms with Crippen LogP contribution in [0.5, 0.6) is 0 Å². The van der Waals surface area contributed by atoms with E-state index < -0.39 is 0 Å². The maximum atomic E-state index is 8.78. The topological polar surface area (TPSA) is 63.0 Å².